The third-order valence-electron chi connectivity index (χ3n) is 7.70. The first-order chi connectivity index (χ1) is 26.3. The number of hydrogen-bond donors (Lipinski definition) is 2. The molecule has 0 amide bonds. The number of rotatable bonds is 36. The van der Waals surface area contributed by atoms with E-state index in [-0.39, 0.29) is 26.1 Å². The lowest BCUT2D eigenvalue weighted by atomic mass is 10.1. The molecule has 306 valence electrons. The predicted molar refractivity (Wildman–Crippen MR) is 224 cm³/mol. The van der Waals surface area contributed by atoms with Crippen LogP contribution in [0.3, 0.4) is 0 Å². The summed E-state index contributed by atoms with van der Waals surface area (Å²) in [5.74, 6) is -0.896. The van der Waals surface area contributed by atoms with Crippen LogP contribution in [0.25, 0.3) is 0 Å². The summed E-state index contributed by atoms with van der Waals surface area (Å²) in [4.78, 5) is 35.0. The highest BCUT2D eigenvalue weighted by Crippen LogP contribution is 2.43. The zero-order valence-corrected chi connectivity index (χ0v) is 34.5. The van der Waals surface area contributed by atoms with Crippen LogP contribution in [0.2, 0.25) is 0 Å². The van der Waals surface area contributed by atoms with Crippen LogP contribution in [-0.4, -0.2) is 56.3 Å². The van der Waals surface area contributed by atoms with Crippen LogP contribution < -0.4 is 5.32 Å². The SMILES string of the molecule is CC/C=C\C/C=C\C/C=C\C/C=C\CCCCCCC(=O)OC(COC(=O)CCCC/C=C\C/C=C\C/C=C\C/C=C\CC)COP(=O)(O)OCCNC. The number of carbonyl (C=O) groups is 2. The van der Waals surface area contributed by atoms with Crippen molar-refractivity contribution in [2.75, 3.05) is 33.4 Å². The molecule has 0 aromatic carbocycles. The van der Waals surface area contributed by atoms with Crippen LogP contribution in [-0.2, 0) is 32.7 Å². The fourth-order valence-corrected chi connectivity index (χ4v) is 5.46. The summed E-state index contributed by atoms with van der Waals surface area (Å²) in [6.45, 7) is 3.88. The van der Waals surface area contributed by atoms with E-state index in [1.807, 2.05) is 0 Å². The lowest BCUT2D eigenvalue weighted by Crippen LogP contribution is -2.29. The first-order valence-electron chi connectivity index (χ1n) is 20.2. The van der Waals surface area contributed by atoms with Crippen molar-refractivity contribution in [3.63, 3.8) is 0 Å². The van der Waals surface area contributed by atoms with E-state index in [1.165, 1.54) is 0 Å². The number of allylic oxidation sites excluding steroid dienone is 16. The number of nitrogens with one attached hydrogen (secondary N) is 1. The molecule has 54 heavy (non-hydrogen) atoms. The summed E-state index contributed by atoms with van der Waals surface area (Å²) in [6, 6.07) is 0. The summed E-state index contributed by atoms with van der Waals surface area (Å²) in [6.07, 6.45) is 48.8. The van der Waals surface area contributed by atoms with Gasteiger partial charge in [-0.1, -0.05) is 124 Å². The van der Waals surface area contributed by atoms with Crippen molar-refractivity contribution in [2.24, 2.45) is 0 Å². The Hall–Kier alpha value is -3.07. The van der Waals surface area contributed by atoms with Gasteiger partial charge in [-0.05, 0) is 96.9 Å². The molecule has 0 aliphatic carbocycles. The van der Waals surface area contributed by atoms with Crippen molar-refractivity contribution >= 4 is 19.8 Å². The number of carbonyl (C=O) groups excluding carboxylic acids is 2. The summed E-state index contributed by atoms with van der Waals surface area (Å²) < 4.78 is 33.1. The van der Waals surface area contributed by atoms with Gasteiger partial charge in [0.05, 0.1) is 13.2 Å². The molecule has 10 heteroatoms. The number of hydrogen-bond acceptors (Lipinski definition) is 8. The van der Waals surface area contributed by atoms with Crippen molar-refractivity contribution in [1.82, 2.24) is 5.32 Å². The molecule has 0 radical (unpaired) electrons. The van der Waals surface area contributed by atoms with E-state index in [4.69, 9.17) is 18.5 Å². The maximum atomic E-state index is 12.6. The minimum absolute atomic E-state index is 0.0348. The first kappa shape index (κ1) is 50.9. The topological polar surface area (TPSA) is 120 Å². The molecule has 2 unspecified atom stereocenters. The number of unbranched alkanes of at least 4 members (excludes halogenated alkanes) is 6. The van der Waals surface area contributed by atoms with Crippen molar-refractivity contribution in [1.29, 1.82) is 0 Å². The second-order valence-electron chi connectivity index (χ2n) is 12.7. The molecule has 0 aromatic heterocycles. The molecule has 9 nitrogen and oxygen atoms in total. The van der Waals surface area contributed by atoms with Crippen LogP contribution in [0.15, 0.2) is 97.2 Å². The molecular formula is C44H72NO8P. The molecule has 2 N–H and O–H groups in total. The second-order valence-corrected chi connectivity index (χ2v) is 14.2. The van der Waals surface area contributed by atoms with Gasteiger partial charge in [0.25, 0.3) is 0 Å². The van der Waals surface area contributed by atoms with Crippen LogP contribution in [0.1, 0.15) is 129 Å². The van der Waals surface area contributed by atoms with Gasteiger partial charge in [0.15, 0.2) is 6.10 Å². The summed E-state index contributed by atoms with van der Waals surface area (Å²) in [5.41, 5.74) is 0. The van der Waals surface area contributed by atoms with Gasteiger partial charge >= 0.3 is 19.8 Å². The summed E-state index contributed by atoms with van der Waals surface area (Å²) in [5, 5.41) is 2.81. The Morgan fingerprint density at radius 1 is 0.574 bits per heavy atom. The van der Waals surface area contributed by atoms with Gasteiger partial charge in [0.1, 0.15) is 6.61 Å². The minimum atomic E-state index is -4.37. The molecule has 0 fully saturated rings. The molecule has 0 rings (SSSR count). The highest BCUT2D eigenvalue weighted by Gasteiger charge is 2.26. The monoisotopic (exact) mass is 773 g/mol. The summed E-state index contributed by atoms with van der Waals surface area (Å²) >= 11 is 0. The van der Waals surface area contributed by atoms with Gasteiger partial charge in [0.2, 0.25) is 0 Å². The van der Waals surface area contributed by atoms with Gasteiger partial charge in [-0.2, -0.15) is 0 Å². The van der Waals surface area contributed by atoms with Crippen molar-refractivity contribution in [3.05, 3.63) is 97.2 Å². The number of ether oxygens (including phenoxy) is 2. The molecule has 0 aliphatic rings. The third-order valence-corrected chi connectivity index (χ3v) is 8.68. The smallest absolute Gasteiger partial charge is 0.462 e. The molecular weight excluding hydrogens is 701 g/mol. The molecule has 0 saturated carbocycles. The van der Waals surface area contributed by atoms with Gasteiger partial charge in [0, 0.05) is 19.4 Å². The maximum absolute atomic E-state index is 12.6. The molecule has 0 bridgehead atoms. The van der Waals surface area contributed by atoms with E-state index in [0.29, 0.717) is 19.4 Å². The Morgan fingerprint density at radius 3 is 1.50 bits per heavy atom. The molecule has 0 spiro atoms. The summed E-state index contributed by atoms with van der Waals surface area (Å²) in [7, 11) is -2.68. The van der Waals surface area contributed by atoms with Gasteiger partial charge < -0.3 is 19.7 Å². The largest absolute Gasteiger partial charge is 0.472 e. The fraction of sp³-hybridized carbons (Fsp3) is 0.591. The lowest BCUT2D eigenvalue weighted by molar-refractivity contribution is -0.161. The van der Waals surface area contributed by atoms with E-state index in [0.717, 1.165) is 89.9 Å². The maximum Gasteiger partial charge on any atom is 0.472 e. The Balaban J connectivity index is 4.41. The lowest BCUT2D eigenvalue weighted by Gasteiger charge is -2.20. The number of phosphoric ester groups is 1. The quantitative estimate of drug-likeness (QED) is 0.0277. The van der Waals surface area contributed by atoms with E-state index >= 15 is 0 Å². The standard InChI is InChI=1S/C44H72NO8P/c1-4-6-8-10-12-14-16-18-20-21-23-25-27-29-31-33-35-37-44(47)53-42(41-52-54(48,49)51-39-38-45-3)40-50-43(46)36-34-32-30-28-26-24-22-19-17-15-13-11-9-7-5-2/h6-9,12-15,18-20,22-23,25-26,28,42,45H,4-5,10-11,16-17,21,24,27,29-41H2,1-3H3,(H,48,49)/b8-6-,9-7-,14-12-,15-13-,20-18-,22-19-,25-23-,28-26-. The van der Waals surface area contributed by atoms with Crippen molar-refractivity contribution < 1.29 is 37.6 Å². The molecule has 0 heterocycles. The van der Waals surface area contributed by atoms with Gasteiger partial charge in [-0.25, -0.2) is 4.57 Å². The molecule has 0 aromatic rings. The average molecular weight is 774 g/mol. The average Bonchev–Trinajstić information content (AvgIpc) is 3.15. The molecule has 2 atom stereocenters. The van der Waals surface area contributed by atoms with Crippen LogP contribution in [0, 0.1) is 0 Å². The Labute approximate surface area is 328 Å². The van der Waals surface area contributed by atoms with Crippen molar-refractivity contribution in [3.8, 4) is 0 Å². The normalized spacial score (nSPS) is 14.4. The Bertz CT molecular complexity index is 1200. The van der Waals surface area contributed by atoms with Gasteiger partial charge in [-0.3, -0.25) is 18.6 Å². The Kier molecular flexibility index (Phi) is 37.4. The fourth-order valence-electron chi connectivity index (χ4n) is 4.71. The van der Waals surface area contributed by atoms with E-state index in [1.54, 1.807) is 7.05 Å². The van der Waals surface area contributed by atoms with Gasteiger partial charge in [-0.15, -0.1) is 0 Å². The minimum Gasteiger partial charge on any atom is -0.462 e. The number of esters is 2. The zero-order chi connectivity index (χ0) is 39.6. The van der Waals surface area contributed by atoms with E-state index in [2.05, 4.69) is 116 Å². The van der Waals surface area contributed by atoms with Crippen molar-refractivity contribution in [2.45, 2.75) is 136 Å². The zero-order valence-electron chi connectivity index (χ0n) is 33.6. The van der Waals surface area contributed by atoms with Crippen LogP contribution in [0.4, 0.5) is 0 Å². The molecule has 0 aliphatic heterocycles. The first-order valence-corrected chi connectivity index (χ1v) is 21.7. The highest BCUT2D eigenvalue weighted by molar-refractivity contribution is 7.47. The van der Waals surface area contributed by atoms with Crippen LogP contribution in [0.5, 0.6) is 0 Å². The van der Waals surface area contributed by atoms with Crippen LogP contribution >= 0.6 is 7.82 Å². The predicted octanol–water partition coefficient (Wildman–Crippen LogP) is 11.3. The third kappa shape index (κ3) is 38.6. The molecule has 0 saturated heterocycles. The van der Waals surface area contributed by atoms with E-state index < -0.39 is 32.5 Å². The highest BCUT2D eigenvalue weighted by atomic mass is 31.2. The number of phosphoric acid groups is 1. The second kappa shape index (κ2) is 39.6. The van der Waals surface area contributed by atoms with E-state index in [9.17, 15) is 19.0 Å². The number of likely N-dealkylation sites (N-methyl/N-ethyl adjacent to an activating group) is 1. The Morgan fingerprint density at radius 2 is 1.00 bits per heavy atom.